The Balaban J connectivity index is 1.61. The summed E-state index contributed by atoms with van der Waals surface area (Å²) in [4.78, 5) is 26.0. The minimum Gasteiger partial charge on any atom is -0.445 e. The van der Waals surface area contributed by atoms with Gasteiger partial charge in [0.05, 0.1) is 24.3 Å². The van der Waals surface area contributed by atoms with Gasteiger partial charge in [-0.2, -0.15) is 5.26 Å². The lowest BCUT2D eigenvalue weighted by molar-refractivity contribution is 0.105. The molecule has 1 aromatic carbocycles. The smallest absolute Gasteiger partial charge is 0.409 e. The Morgan fingerprint density at radius 3 is 3.00 bits per heavy atom. The Kier molecular flexibility index (Phi) is 5.45. The van der Waals surface area contributed by atoms with Crippen LogP contribution in [0, 0.1) is 11.3 Å². The molecular formula is C22H23N7O2. The van der Waals surface area contributed by atoms with E-state index in [0.29, 0.717) is 6.54 Å². The Hall–Kier alpha value is -4.06. The maximum Gasteiger partial charge on any atom is 0.409 e. The van der Waals surface area contributed by atoms with Crippen LogP contribution in [0.2, 0.25) is 0 Å². The molecule has 0 radical (unpaired) electrons. The number of hydrogen-bond donors (Lipinski definition) is 2. The average molecular weight is 417 g/mol. The number of imidazole rings is 1. The number of benzene rings is 1. The van der Waals surface area contributed by atoms with Gasteiger partial charge in [0.25, 0.3) is 0 Å². The lowest BCUT2D eigenvalue weighted by Crippen LogP contribution is -2.28. The lowest BCUT2D eigenvalue weighted by Gasteiger charge is -2.15. The first-order valence-electron chi connectivity index (χ1n) is 9.87. The number of hydrogen-bond acceptors (Lipinski definition) is 6. The van der Waals surface area contributed by atoms with Gasteiger partial charge in [-0.15, -0.1) is 0 Å². The molecule has 31 heavy (non-hydrogen) atoms. The number of carbonyl (C=O) groups excluding carboxylic acids is 1. The number of aromatic amines is 1. The number of ether oxygens (including phenoxy) is 1. The second kappa shape index (κ2) is 8.36. The van der Waals surface area contributed by atoms with Gasteiger partial charge in [0, 0.05) is 38.8 Å². The topological polar surface area (TPSA) is 112 Å². The SMILES string of the molecule is CNc1nc2[nH]c(-c3cccc(COC(=O)N(C)CCC#N)c3)cc2c2c1ncn2C. The van der Waals surface area contributed by atoms with Crippen molar-refractivity contribution < 1.29 is 9.53 Å². The molecule has 3 heterocycles. The van der Waals surface area contributed by atoms with Crippen LogP contribution in [0.25, 0.3) is 33.3 Å². The number of nitrogens with one attached hydrogen (secondary N) is 2. The molecule has 4 rings (SSSR count). The van der Waals surface area contributed by atoms with Crippen LogP contribution in [-0.4, -0.2) is 51.2 Å². The zero-order valence-corrected chi connectivity index (χ0v) is 17.6. The number of anilines is 1. The molecule has 0 unspecified atom stereocenters. The normalized spacial score (nSPS) is 10.9. The molecule has 0 fully saturated rings. The second-order valence-corrected chi connectivity index (χ2v) is 7.29. The van der Waals surface area contributed by atoms with Crippen LogP contribution in [0.3, 0.4) is 0 Å². The van der Waals surface area contributed by atoms with Crippen molar-refractivity contribution >= 4 is 34.0 Å². The molecular weight excluding hydrogens is 394 g/mol. The van der Waals surface area contributed by atoms with Crippen molar-refractivity contribution in [3.8, 4) is 17.3 Å². The highest BCUT2D eigenvalue weighted by Crippen LogP contribution is 2.31. The molecule has 1 amide bonds. The van der Waals surface area contributed by atoms with Crippen molar-refractivity contribution in [3.05, 3.63) is 42.2 Å². The van der Waals surface area contributed by atoms with E-state index in [2.05, 4.69) is 26.3 Å². The molecule has 0 aliphatic carbocycles. The Morgan fingerprint density at radius 1 is 1.39 bits per heavy atom. The number of fused-ring (bicyclic) bond motifs is 3. The van der Waals surface area contributed by atoms with Crippen molar-refractivity contribution in [2.24, 2.45) is 7.05 Å². The summed E-state index contributed by atoms with van der Waals surface area (Å²) >= 11 is 0. The van der Waals surface area contributed by atoms with E-state index < -0.39 is 6.09 Å². The number of amides is 1. The van der Waals surface area contributed by atoms with Gasteiger partial charge in [0.2, 0.25) is 0 Å². The van der Waals surface area contributed by atoms with Crippen molar-refractivity contribution in [1.29, 1.82) is 5.26 Å². The van der Waals surface area contributed by atoms with Gasteiger partial charge in [0.1, 0.15) is 17.8 Å². The summed E-state index contributed by atoms with van der Waals surface area (Å²) in [6.07, 6.45) is 1.60. The van der Waals surface area contributed by atoms with Crippen LogP contribution in [0.5, 0.6) is 0 Å². The molecule has 0 spiro atoms. The standard InChI is InChI=1S/C22H23N7O2/c1-24-21-18-19(29(3)13-25-18)16-11-17(26-20(16)27-21)15-7-4-6-14(10-15)12-31-22(30)28(2)9-5-8-23/h4,6-7,10-11,13H,5,9,12H2,1-3H3,(H2,24,26,27). The molecule has 2 N–H and O–H groups in total. The predicted molar refractivity (Wildman–Crippen MR) is 118 cm³/mol. The number of nitriles is 1. The van der Waals surface area contributed by atoms with Gasteiger partial charge in [-0.3, -0.25) is 0 Å². The minimum absolute atomic E-state index is 0.151. The first-order chi connectivity index (χ1) is 15.0. The van der Waals surface area contributed by atoms with E-state index in [0.717, 1.165) is 44.7 Å². The number of carbonyl (C=O) groups is 1. The summed E-state index contributed by atoms with van der Waals surface area (Å²) in [7, 11) is 5.41. The molecule has 4 aromatic rings. The predicted octanol–water partition coefficient (Wildman–Crippen LogP) is 3.64. The molecule has 9 heteroatoms. The van der Waals surface area contributed by atoms with Crippen LogP contribution >= 0.6 is 0 Å². The molecule has 0 saturated heterocycles. The van der Waals surface area contributed by atoms with Gasteiger partial charge >= 0.3 is 6.09 Å². The fraction of sp³-hybridized carbons (Fsp3) is 0.273. The van der Waals surface area contributed by atoms with Crippen molar-refractivity contribution in [2.75, 3.05) is 26.0 Å². The van der Waals surface area contributed by atoms with E-state index in [4.69, 9.17) is 10.00 Å². The van der Waals surface area contributed by atoms with Gasteiger partial charge in [-0.05, 0) is 23.3 Å². The summed E-state index contributed by atoms with van der Waals surface area (Å²) in [5.41, 5.74) is 5.34. The minimum atomic E-state index is -0.450. The average Bonchev–Trinajstić information content (AvgIpc) is 3.38. The molecule has 0 saturated carbocycles. The second-order valence-electron chi connectivity index (χ2n) is 7.29. The third-order valence-corrected chi connectivity index (χ3v) is 5.14. The quantitative estimate of drug-likeness (QED) is 0.495. The zero-order valence-electron chi connectivity index (χ0n) is 17.6. The van der Waals surface area contributed by atoms with E-state index >= 15 is 0 Å². The van der Waals surface area contributed by atoms with Crippen LogP contribution in [0.1, 0.15) is 12.0 Å². The van der Waals surface area contributed by atoms with Crippen LogP contribution in [-0.2, 0) is 18.4 Å². The number of aromatic nitrogens is 4. The van der Waals surface area contributed by atoms with Gasteiger partial charge < -0.3 is 24.5 Å². The first kappa shape index (κ1) is 20.2. The lowest BCUT2D eigenvalue weighted by atomic mass is 10.1. The van der Waals surface area contributed by atoms with Crippen LogP contribution in [0.4, 0.5) is 10.6 Å². The fourth-order valence-electron chi connectivity index (χ4n) is 3.52. The van der Waals surface area contributed by atoms with Crippen LogP contribution < -0.4 is 5.32 Å². The maximum absolute atomic E-state index is 12.1. The fourth-order valence-corrected chi connectivity index (χ4v) is 3.52. The molecule has 0 bridgehead atoms. The number of aryl methyl sites for hydroxylation is 1. The molecule has 3 aromatic heterocycles. The number of pyridine rings is 1. The largest absolute Gasteiger partial charge is 0.445 e. The van der Waals surface area contributed by atoms with E-state index in [1.165, 1.54) is 4.90 Å². The van der Waals surface area contributed by atoms with E-state index in [1.807, 2.05) is 49.0 Å². The van der Waals surface area contributed by atoms with Crippen LogP contribution in [0.15, 0.2) is 36.7 Å². The highest BCUT2D eigenvalue weighted by molar-refractivity contribution is 6.07. The highest BCUT2D eigenvalue weighted by Gasteiger charge is 2.15. The third kappa shape index (κ3) is 3.88. The summed E-state index contributed by atoms with van der Waals surface area (Å²) in [5.74, 6) is 0.720. The van der Waals surface area contributed by atoms with E-state index in [9.17, 15) is 4.79 Å². The zero-order chi connectivity index (χ0) is 22.0. The Bertz CT molecular complexity index is 1300. The Labute approximate surface area is 179 Å². The summed E-state index contributed by atoms with van der Waals surface area (Å²) in [6, 6.07) is 11.9. The monoisotopic (exact) mass is 417 g/mol. The van der Waals surface area contributed by atoms with E-state index in [-0.39, 0.29) is 13.0 Å². The molecule has 0 atom stereocenters. The van der Waals surface area contributed by atoms with Gasteiger partial charge in [-0.25, -0.2) is 14.8 Å². The number of rotatable bonds is 6. The van der Waals surface area contributed by atoms with E-state index in [1.54, 1.807) is 13.4 Å². The maximum atomic E-state index is 12.1. The van der Waals surface area contributed by atoms with Crippen molar-refractivity contribution in [1.82, 2.24) is 24.4 Å². The summed E-state index contributed by atoms with van der Waals surface area (Å²) < 4.78 is 7.35. The summed E-state index contributed by atoms with van der Waals surface area (Å²) in [6.45, 7) is 0.493. The molecule has 0 aliphatic heterocycles. The van der Waals surface area contributed by atoms with Crippen molar-refractivity contribution in [2.45, 2.75) is 13.0 Å². The molecule has 0 aliphatic rings. The number of nitrogens with zero attached hydrogens (tertiary/aromatic N) is 5. The van der Waals surface area contributed by atoms with Gasteiger partial charge in [-0.1, -0.05) is 18.2 Å². The third-order valence-electron chi connectivity index (χ3n) is 5.14. The number of H-pyrrole nitrogens is 1. The van der Waals surface area contributed by atoms with Crippen molar-refractivity contribution in [3.63, 3.8) is 0 Å². The first-order valence-corrected chi connectivity index (χ1v) is 9.87. The molecule has 158 valence electrons. The van der Waals surface area contributed by atoms with Gasteiger partial charge in [0.15, 0.2) is 5.82 Å². The molecule has 9 nitrogen and oxygen atoms in total. The summed E-state index contributed by atoms with van der Waals surface area (Å²) in [5, 5.41) is 12.7. The highest BCUT2D eigenvalue weighted by atomic mass is 16.6. The Morgan fingerprint density at radius 2 is 2.23 bits per heavy atom.